The van der Waals surface area contributed by atoms with Gasteiger partial charge >= 0.3 is 0 Å². The molecular formula is C29H39ClN4O4. The number of aliphatic hydroxyl groups excluding tert-OH is 1. The van der Waals surface area contributed by atoms with E-state index in [1.54, 1.807) is 23.1 Å². The minimum Gasteiger partial charge on any atom is -0.486 e. The molecule has 0 spiro atoms. The number of nitrogens with one attached hydrogen (secondary N) is 2. The molecule has 2 aromatic carbocycles. The van der Waals surface area contributed by atoms with Crippen LogP contribution in [0.25, 0.3) is 0 Å². The summed E-state index contributed by atoms with van der Waals surface area (Å²) in [5.41, 5.74) is 1.92. The molecule has 2 aliphatic rings. The van der Waals surface area contributed by atoms with E-state index in [0.717, 1.165) is 31.5 Å². The Kier molecular flexibility index (Phi) is 9.65. The van der Waals surface area contributed by atoms with E-state index in [1.165, 1.54) is 0 Å². The van der Waals surface area contributed by atoms with Crippen molar-refractivity contribution in [2.75, 3.05) is 45.2 Å². The number of nitrogens with zero attached hydrogens (tertiary/aromatic N) is 2. The van der Waals surface area contributed by atoms with E-state index in [-0.39, 0.29) is 42.4 Å². The van der Waals surface area contributed by atoms with Crippen molar-refractivity contribution in [3.8, 4) is 5.75 Å². The number of piperidine rings is 1. The number of hydrogen-bond acceptors (Lipinski definition) is 6. The summed E-state index contributed by atoms with van der Waals surface area (Å²) in [6, 6.07) is 12.7. The van der Waals surface area contributed by atoms with E-state index < -0.39 is 0 Å². The second-order valence-corrected chi connectivity index (χ2v) is 11.0. The van der Waals surface area contributed by atoms with Gasteiger partial charge in [0, 0.05) is 36.5 Å². The summed E-state index contributed by atoms with van der Waals surface area (Å²) in [6.07, 6.45) is 1.27. The number of amides is 2. The van der Waals surface area contributed by atoms with E-state index >= 15 is 0 Å². The summed E-state index contributed by atoms with van der Waals surface area (Å²) >= 11 is 6.40. The predicted octanol–water partition coefficient (Wildman–Crippen LogP) is 3.63. The number of benzene rings is 2. The maximum atomic E-state index is 13.7. The number of para-hydroxylation sites is 1. The van der Waals surface area contributed by atoms with Crippen LogP contribution < -0.4 is 15.4 Å². The van der Waals surface area contributed by atoms with Crippen LogP contribution in [-0.4, -0.2) is 78.7 Å². The number of fused-ring (bicyclic) bond motifs is 1. The summed E-state index contributed by atoms with van der Waals surface area (Å²) < 4.78 is 6.63. The number of likely N-dealkylation sites (N-methyl/N-ethyl adjacent to an activating group) is 1. The molecule has 206 valence electrons. The maximum Gasteiger partial charge on any atom is 0.258 e. The lowest BCUT2D eigenvalue weighted by atomic mass is 9.96. The van der Waals surface area contributed by atoms with Gasteiger partial charge in [-0.25, -0.2) is 0 Å². The van der Waals surface area contributed by atoms with Crippen LogP contribution in [0.5, 0.6) is 5.75 Å². The summed E-state index contributed by atoms with van der Waals surface area (Å²) in [6.45, 7) is 7.04. The standard InChI is InChI=1S/C29H39ClN4O4/c1-19-15-34(20(2)18-35)29(37)23-8-6-10-25(32-28(36)21-11-13-31-14-12-21)27(23)38-26(19)17-33(3)16-22-7-4-5-9-24(22)30/h4-10,19-21,26,31,35H,11-18H2,1-3H3,(H,32,36). The van der Waals surface area contributed by atoms with Crippen LogP contribution in [0.2, 0.25) is 5.02 Å². The fourth-order valence-corrected chi connectivity index (χ4v) is 5.36. The highest BCUT2D eigenvalue weighted by atomic mass is 35.5. The molecule has 2 heterocycles. The predicted molar refractivity (Wildman–Crippen MR) is 150 cm³/mol. The minimum atomic E-state index is -0.356. The van der Waals surface area contributed by atoms with Crippen molar-refractivity contribution >= 4 is 29.1 Å². The van der Waals surface area contributed by atoms with Crippen LogP contribution in [0.15, 0.2) is 42.5 Å². The Morgan fingerprint density at radius 2 is 1.97 bits per heavy atom. The molecule has 0 aromatic heterocycles. The van der Waals surface area contributed by atoms with Crippen LogP contribution in [0.1, 0.15) is 42.6 Å². The second kappa shape index (κ2) is 12.9. The largest absolute Gasteiger partial charge is 0.486 e. The molecule has 3 atom stereocenters. The Labute approximate surface area is 230 Å². The molecular weight excluding hydrogens is 504 g/mol. The van der Waals surface area contributed by atoms with Gasteiger partial charge in [-0.2, -0.15) is 0 Å². The minimum absolute atomic E-state index is 0.0389. The van der Waals surface area contributed by atoms with Gasteiger partial charge in [-0.15, -0.1) is 0 Å². The van der Waals surface area contributed by atoms with Crippen LogP contribution in [0.3, 0.4) is 0 Å². The third kappa shape index (κ3) is 6.67. The molecule has 2 aliphatic heterocycles. The Hall–Kier alpha value is -2.65. The van der Waals surface area contributed by atoms with E-state index in [9.17, 15) is 14.7 Å². The molecule has 1 saturated heterocycles. The van der Waals surface area contributed by atoms with Crippen molar-refractivity contribution in [1.82, 2.24) is 15.1 Å². The molecule has 0 radical (unpaired) electrons. The average molecular weight is 543 g/mol. The lowest BCUT2D eigenvalue weighted by Crippen LogP contribution is -2.49. The lowest BCUT2D eigenvalue weighted by molar-refractivity contribution is -0.120. The Morgan fingerprint density at radius 3 is 2.68 bits per heavy atom. The first-order chi connectivity index (χ1) is 18.3. The smallest absolute Gasteiger partial charge is 0.258 e. The SMILES string of the molecule is CC1CN(C(C)CO)C(=O)c2cccc(NC(=O)C3CCNCC3)c2OC1CN(C)Cc1ccccc1Cl. The number of anilines is 1. The van der Waals surface area contributed by atoms with Crippen molar-refractivity contribution in [1.29, 1.82) is 0 Å². The van der Waals surface area contributed by atoms with Gasteiger partial charge < -0.3 is 25.4 Å². The number of halogens is 1. The number of rotatable bonds is 8. The number of aliphatic hydroxyl groups is 1. The average Bonchev–Trinajstić information content (AvgIpc) is 2.92. The van der Waals surface area contributed by atoms with Gasteiger partial charge in [0.15, 0.2) is 5.75 Å². The van der Waals surface area contributed by atoms with Crippen molar-refractivity contribution in [3.63, 3.8) is 0 Å². The maximum absolute atomic E-state index is 13.7. The summed E-state index contributed by atoms with van der Waals surface area (Å²) in [4.78, 5) is 30.7. The molecule has 1 fully saturated rings. The van der Waals surface area contributed by atoms with Gasteiger partial charge in [-0.05, 0) is 63.7 Å². The monoisotopic (exact) mass is 542 g/mol. The third-order valence-corrected chi connectivity index (χ3v) is 7.92. The van der Waals surface area contributed by atoms with Crippen LogP contribution in [-0.2, 0) is 11.3 Å². The highest BCUT2D eigenvalue weighted by Gasteiger charge is 2.35. The van der Waals surface area contributed by atoms with Crippen molar-refractivity contribution < 1.29 is 19.4 Å². The molecule has 9 heteroatoms. The molecule has 3 unspecified atom stereocenters. The van der Waals surface area contributed by atoms with Gasteiger partial charge in [0.2, 0.25) is 5.91 Å². The zero-order valence-corrected chi connectivity index (χ0v) is 23.2. The molecule has 2 amide bonds. The molecule has 8 nitrogen and oxygen atoms in total. The molecule has 2 aromatic rings. The van der Waals surface area contributed by atoms with Gasteiger partial charge in [0.1, 0.15) is 6.10 Å². The normalized spacial score (nSPS) is 21.3. The van der Waals surface area contributed by atoms with E-state index in [2.05, 4.69) is 22.5 Å². The van der Waals surface area contributed by atoms with Crippen molar-refractivity contribution in [2.45, 2.75) is 45.4 Å². The van der Waals surface area contributed by atoms with Gasteiger partial charge in [-0.1, -0.05) is 42.8 Å². The van der Waals surface area contributed by atoms with Gasteiger partial charge in [0.05, 0.1) is 23.9 Å². The number of carbonyl (C=O) groups is 2. The first-order valence-corrected chi connectivity index (χ1v) is 13.8. The van der Waals surface area contributed by atoms with E-state index in [0.29, 0.717) is 41.7 Å². The van der Waals surface area contributed by atoms with Crippen LogP contribution in [0, 0.1) is 11.8 Å². The van der Waals surface area contributed by atoms with E-state index in [1.807, 2.05) is 38.2 Å². The molecule has 0 saturated carbocycles. The van der Waals surface area contributed by atoms with Crippen molar-refractivity contribution in [2.24, 2.45) is 11.8 Å². The summed E-state index contributed by atoms with van der Waals surface area (Å²) in [5.74, 6) is -0.00685. The Balaban J connectivity index is 1.64. The zero-order chi connectivity index (χ0) is 27.2. The fraction of sp³-hybridized carbons (Fsp3) is 0.517. The molecule has 0 bridgehead atoms. The third-order valence-electron chi connectivity index (χ3n) is 7.55. The summed E-state index contributed by atoms with van der Waals surface area (Å²) in [5, 5.41) is 17.0. The lowest BCUT2D eigenvalue weighted by Gasteiger charge is -2.38. The number of hydrogen-bond donors (Lipinski definition) is 3. The highest BCUT2D eigenvalue weighted by molar-refractivity contribution is 6.31. The Bertz CT molecular complexity index is 1120. The molecule has 3 N–H and O–H groups in total. The van der Waals surface area contributed by atoms with Crippen LogP contribution in [0.4, 0.5) is 5.69 Å². The first kappa shape index (κ1) is 28.4. The number of carbonyl (C=O) groups excluding carboxylic acids is 2. The molecule has 38 heavy (non-hydrogen) atoms. The van der Waals surface area contributed by atoms with Crippen molar-refractivity contribution in [3.05, 3.63) is 58.6 Å². The van der Waals surface area contributed by atoms with Gasteiger partial charge in [-0.3, -0.25) is 14.5 Å². The highest BCUT2D eigenvalue weighted by Crippen LogP contribution is 2.35. The Morgan fingerprint density at radius 1 is 1.24 bits per heavy atom. The topological polar surface area (TPSA) is 94.1 Å². The second-order valence-electron chi connectivity index (χ2n) is 10.6. The first-order valence-electron chi connectivity index (χ1n) is 13.4. The number of ether oxygens (including phenoxy) is 1. The van der Waals surface area contributed by atoms with E-state index in [4.69, 9.17) is 16.3 Å². The quantitative estimate of drug-likeness (QED) is 0.471. The van der Waals surface area contributed by atoms with Crippen LogP contribution >= 0.6 is 11.6 Å². The van der Waals surface area contributed by atoms with Gasteiger partial charge in [0.25, 0.3) is 5.91 Å². The molecule has 4 rings (SSSR count). The zero-order valence-electron chi connectivity index (χ0n) is 22.5. The fourth-order valence-electron chi connectivity index (χ4n) is 5.17. The molecule has 0 aliphatic carbocycles. The summed E-state index contributed by atoms with van der Waals surface area (Å²) in [7, 11) is 2.02.